The molecular formula is C14H23NOS. The number of hydrogen-bond donors (Lipinski definition) is 1. The van der Waals surface area contributed by atoms with Gasteiger partial charge in [0, 0.05) is 23.6 Å². The zero-order chi connectivity index (χ0) is 12.1. The van der Waals surface area contributed by atoms with Crippen LogP contribution in [-0.4, -0.2) is 18.8 Å². The summed E-state index contributed by atoms with van der Waals surface area (Å²) in [7, 11) is 0. The van der Waals surface area contributed by atoms with Crippen LogP contribution in [0.25, 0.3) is 0 Å². The van der Waals surface area contributed by atoms with Crippen LogP contribution in [0.4, 0.5) is 0 Å². The Balaban J connectivity index is 1.90. The van der Waals surface area contributed by atoms with E-state index in [4.69, 9.17) is 4.74 Å². The molecule has 3 atom stereocenters. The predicted octanol–water partition coefficient (Wildman–Crippen LogP) is 3.75. The first-order chi connectivity index (χ1) is 8.33. The first-order valence-corrected chi connectivity index (χ1v) is 7.62. The molecule has 17 heavy (non-hydrogen) atoms. The van der Waals surface area contributed by atoms with E-state index in [2.05, 4.69) is 36.7 Å². The van der Waals surface area contributed by atoms with Gasteiger partial charge in [0.1, 0.15) is 0 Å². The van der Waals surface area contributed by atoms with Crippen LogP contribution in [0, 0.1) is 0 Å². The van der Waals surface area contributed by atoms with Crippen molar-refractivity contribution in [2.75, 3.05) is 6.61 Å². The Morgan fingerprint density at radius 3 is 3.06 bits per heavy atom. The van der Waals surface area contributed by atoms with Crippen LogP contribution in [0.15, 0.2) is 17.5 Å². The molecule has 0 radical (unpaired) electrons. The molecule has 2 heterocycles. The van der Waals surface area contributed by atoms with Crippen LogP contribution in [0.1, 0.15) is 50.4 Å². The van der Waals surface area contributed by atoms with Crippen LogP contribution in [0.2, 0.25) is 0 Å². The summed E-state index contributed by atoms with van der Waals surface area (Å²) in [5, 5.41) is 5.97. The van der Waals surface area contributed by atoms with Crippen molar-refractivity contribution in [3.63, 3.8) is 0 Å². The minimum Gasteiger partial charge on any atom is -0.378 e. The Bertz CT molecular complexity index is 312. The third-order valence-electron chi connectivity index (χ3n) is 3.55. The monoisotopic (exact) mass is 253 g/mol. The molecule has 1 aromatic rings. The van der Waals surface area contributed by atoms with Gasteiger partial charge in [0.2, 0.25) is 0 Å². The molecule has 0 amide bonds. The molecule has 0 bridgehead atoms. The highest BCUT2D eigenvalue weighted by atomic mass is 32.1. The van der Waals surface area contributed by atoms with Crippen molar-refractivity contribution in [1.82, 2.24) is 5.32 Å². The van der Waals surface area contributed by atoms with Crippen molar-refractivity contribution in [3.05, 3.63) is 22.4 Å². The van der Waals surface area contributed by atoms with Gasteiger partial charge in [0.25, 0.3) is 0 Å². The van der Waals surface area contributed by atoms with Gasteiger partial charge >= 0.3 is 0 Å². The molecule has 0 spiro atoms. The van der Waals surface area contributed by atoms with Crippen LogP contribution < -0.4 is 5.32 Å². The second-order valence-corrected chi connectivity index (χ2v) is 5.74. The average Bonchev–Trinajstić information content (AvgIpc) is 2.90. The van der Waals surface area contributed by atoms with E-state index in [1.54, 1.807) is 0 Å². The summed E-state index contributed by atoms with van der Waals surface area (Å²) < 4.78 is 5.73. The molecule has 3 heteroatoms. The zero-order valence-electron chi connectivity index (χ0n) is 10.8. The highest BCUT2D eigenvalue weighted by Gasteiger charge is 2.23. The minimum absolute atomic E-state index is 0.460. The highest BCUT2D eigenvalue weighted by molar-refractivity contribution is 7.10. The summed E-state index contributed by atoms with van der Waals surface area (Å²) >= 11 is 1.86. The van der Waals surface area contributed by atoms with Gasteiger partial charge < -0.3 is 10.1 Å². The standard InChI is InChI=1S/C14H23NOS/c1-3-12-10-11(7-8-16-12)15-13(4-2)14-6-5-9-17-14/h5-6,9,11-13,15H,3-4,7-8,10H2,1-2H3. The van der Waals surface area contributed by atoms with Gasteiger partial charge in [-0.2, -0.15) is 0 Å². The molecule has 1 aliphatic rings. The van der Waals surface area contributed by atoms with Crippen molar-refractivity contribution < 1.29 is 4.74 Å². The van der Waals surface area contributed by atoms with E-state index in [9.17, 15) is 0 Å². The Kier molecular flexibility index (Phi) is 5.01. The largest absolute Gasteiger partial charge is 0.378 e. The Labute approximate surface area is 108 Å². The van der Waals surface area contributed by atoms with Crippen LogP contribution in [0.3, 0.4) is 0 Å². The maximum Gasteiger partial charge on any atom is 0.0587 e. The van der Waals surface area contributed by atoms with Gasteiger partial charge in [0.05, 0.1) is 6.10 Å². The number of nitrogens with one attached hydrogen (secondary N) is 1. The number of rotatable bonds is 5. The lowest BCUT2D eigenvalue weighted by atomic mass is 10.00. The zero-order valence-corrected chi connectivity index (χ0v) is 11.6. The molecule has 0 aromatic carbocycles. The van der Waals surface area contributed by atoms with E-state index in [1.807, 2.05) is 11.3 Å². The molecule has 1 aromatic heterocycles. The maximum absolute atomic E-state index is 5.73. The van der Waals surface area contributed by atoms with Gasteiger partial charge in [-0.15, -0.1) is 11.3 Å². The molecule has 0 aliphatic carbocycles. The quantitative estimate of drug-likeness (QED) is 0.863. The smallest absolute Gasteiger partial charge is 0.0587 e. The normalized spacial score (nSPS) is 26.9. The number of thiophene rings is 1. The first kappa shape index (κ1) is 13.1. The van der Waals surface area contributed by atoms with Gasteiger partial charge in [-0.3, -0.25) is 0 Å². The van der Waals surface area contributed by atoms with Crippen molar-refractivity contribution in [2.45, 2.75) is 57.7 Å². The summed E-state index contributed by atoms with van der Waals surface area (Å²) in [4.78, 5) is 1.46. The molecule has 1 N–H and O–H groups in total. The van der Waals surface area contributed by atoms with Crippen molar-refractivity contribution in [2.24, 2.45) is 0 Å². The fraction of sp³-hybridized carbons (Fsp3) is 0.714. The minimum atomic E-state index is 0.460. The van der Waals surface area contributed by atoms with Crippen molar-refractivity contribution >= 4 is 11.3 Å². The topological polar surface area (TPSA) is 21.3 Å². The van der Waals surface area contributed by atoms with E-state index in [-0.39, 0.29) is 0 Å². The van der Waals surface area contributed by atoms with Gasteiger partial charge in [-0.25, -0.2) is 0 Å². The second kappa shape index (κ2) is 6.53. The van der Waals surface area contributed by atoms with E-state index in [0.717, 1.165) is 25.9 Å². The van der Waals surface area contributed by atoms with Gasteiger partial charge in [-0.05, 0) is 37.1 Å². The average molecular weight is 253 g/mol. The van der Waals surface area contributed by atoms with E-state index < -0.39 is 0 Å². The predicted molar refractivity (Wildman–Crippen MR) is 73.5 cm³/mol. The third kappa shape index (κ3) is 3.54. The van der Waals surface area contributed by atoms with Crippen molar-refractivity contribution in [1.29, 1.82) is 0 Å². The lowest BCUT2D eigenvalue weighted by Crippen LogP contribution is -2.40. The lowest BCUT2D eigenvalue weighted by molar-refractivity contribution is -0.00202. The molecule has 1 saturated heterocycles. The van der Waals surface area contributed by atoms with E-state index in [0.29, 0.717) is 18.2 Å². The summed E-state index contributed by atoms with van der Waals surface area (Å²) in [6.07, 6.45) is 5.07. The molecule has 1 aliphatic heterocycles. The second-order valence-electron chi connectivity index (χ2n) is 4.77. The maximum atomic E-state index is 5.73. The van der Waals surface area contributed by atoms with E-state index >= 15 is 0 Å². The molecular weight excluding hydrogens is 230 g/mol. The Morgan fingerprint density at radius 1 is 1.53 bits per heavy atom. The first-order valence-electron chi connectivity index (χ1n) is 6.74. The number of hydrogen-bond acceptors (Lipinski definition) is 3. The summed E-state index contributed by atoms with van der Waals surface area (Å²) in [5.41, 5.74) is 0. The molecule has 2 nitrogen and oxygen atoms in total. The fourth-order valence-electron chi connectivity index (χ4n) is 2.49. The molecule has 96 valence electrons. The Hall–Kier alpha value is -0.380. The fourth-order valence-corrected chi connectivity index (χ4v) is 3.36. The Morgan fingerprint density at radius 2 is 2.41 bits per heavy atom. The van der Waals surface area contributed by atoms with Gasteiger partial charge in [0.15, 0.2) is 0 Å². The number of ether oxygens (including phenoxy) is 1. The van der Waals surface area contributed by atoms with Crippen LogP contribution in [-0.2, 0) is 4.74 Å². The molecule has 0 saturated carbocycles. The summed E-state index contributed by atoms with van der Waals surface area (Å²) in [5.74, 6) is 0. The lowest BCUT2D eigenvalue weighted by Gasteiger charge is -2.32. The van der Waals surface area contributed by atoms with E-state index in [1.165, 1.54) is 11.3 Å². The highest BCUT2D eigenvalue weighted by Crippen LogP contribution is 2.25. The van der Waals surface area contributed by atoms with Crippen molar-refractivity contribution in [3.8, 4) is 0 Å². The molecule has 2 rings (SSSR count). The SMILES string of the molecule is CCC1CC(NC(CC)c2cccs2)CCO1. The summed E-state index contributed by atoms with van der Waals surface area (Å²) in [6, 6.07) is 5.53. The van der Waals surface area contributed by atoms with Crippen LogP contribution in [0.5, 0.6) is 0 Å². The van der Waals surface area contributed by atoms with Crippen LogP contribution >= 0.6 is 11.3 Å². The third-order valence-corrected chi connectivity index (χ3v) is 4.54. The molecule has 3 unspecified atom stereocenters. The summed E-state index contributed by atoms with van der Waals surface area (Å²) in [6.45, 7) is 5.38. The molecule has 1 fully saturated rings. The van der Waals surface area contributed by atoms with Gasteiger partial charge in [-0.1, -0.05) is 19.9 Å².